The first-order chi connectivity index (χ1) is 13.4. The SMILES string of the molecule is CC(C)c1cc(C(=O)Nc2ccccc2C(=O)N2CCOCC2)c(O)cc1O. The van der Waals surface area contributed by atoms with Gasteiger partial charge in [-0.1, -0.05) is 26.0 Å². The first kappa shape index (κ1) is 19.7. The van der Waals surface area contributed by atoms with Crippen molar-refractivity contribution in [3.63, 3.8) is 0 Å². The molecule has 7 nitrogen and oxygen atoms in total. The van der Waals surface area contributed by atoms with Crippen LogP contribution in [0.4, 0.5) is 5.69 Å². The number of nitrogens with one attached hydrogen (secondary N) is 1. The van der Waals surface area contributed by atoms with Gasteiger partial charge >= 0.3 is 0 Å². The topological polar surface area (TPSA) is 99.1 Å². The van der Waals surface area contributed by atoms with Crippen molar-refractivity contribution in [2.45, 2.75) is 19.8 Å². The van der Waals surface area contributed by atoms with Crippen molar-refractivity contribution in [2.75, 3.05) is 31.6 Å². The zero-order chi connectivity index (χ0) is 20.3. The first-order valence-corrected chi connectivity index (χ1v) is 9.21. The molecule has 0 unspecified atom stereocenters. The number of benzene rings is 2. The third-order valence-corrected chi connectivity index (χ3v) is 4.72. The predicted octanol–water partition coefficient (Wildman–Crippen LogP) is 2.95. The van der Waals surface area contributed by atoms with Crippen LogP contribution in [0.1, 0.15) is 46.0 Å². The second-order valence-electron chi connectivity index (χ2n) is 6.99. The van der Waals surface area contributed by atoms with Crippen LogP contribution in [0.3, 0.4) is 0 Å². The maximum absolute atomic E-state index is 12.8. The van der Waals surface area contributed by atoms with Gasteiger partial charge in [-0.05, 0) is 29.7 Å². The lowest BCUT2D eigenvalue weighted by molar-refractivity contribution is 0.0303. The zero-order valence-electron chi connectivity index (χ0n) is 15.9. The molecule has 1 aliphatic rings. The highest BCUT2D eigenvalue weighted by atomic mass is 16.5. The van der Waals surface area contributed by atoms with Crippen LogP contribution in [0.15, 0.2) is 36.4 Å². The van der Waals surface area contributed by atoms with E-state index in [2.05, 4.69) is 5.32 Å². The summed E-state index contributed by atoms with van der Waals surface area (Å²) in [6.45, 7) is 5.72. The average molecular weight is 384 g/mol. The molecule has 148 valence electrons. The number of hydrogen-bond acceptors (Lipinski definition) is 5. The number of rotatable bonds is 4. The van der Waals surface area contributed by atoms with E-state index in [-0.39, 0.29) is 28.9 Å². The second kappa shape index (κ2) is 8.31. The average Bonchev–Trinajstić information content (AvgIpc) is 2.68. The summed E-state index contributed by atoms with van der Waals surface area (Å²) in [6, 6.07) is 9.39. The molecule has 1 fully saturated rings. The van der Waals surface area contributed by atoms with Crippen molar-refractivity contribution < 1.29 is 24.5 Å². The minimum absolute atomic E-state index is 0.0256. The van der Waals surface area contributed by atoms with E-state index >= 15 is 0 Å². The normalized spacial score (nSPS) is 14.2. The van der Waals surface area contributed by atoms with Gasteiger partial charge in [0.15, 0.2) is 0 Å². The molecule has 28 heavy (non-hydrogen) atoms. The van der Waals surface area contributed by atoms with Crippen molar-refractivity contribution in [3.05, 3.63) is 53.1 Å². The zero-order valence-corrected chi connectivity index (χ0v) is 15.9. The number of phenolic OH excluding ortho intramolecular Hbond substituents is 2. The van der Waals surface area contributed by atoms with E-state index in [4.69, 9.17) is 4.74 Å². The Labute approximate surface area is 163 Å². The smallest absolute Gasteiger partial charge is 0.259 e. The van der Waals surface area contributed by atoms with E-state index in [9.17, 15) is 19.8 Å². The monoisotopic (exact) mass is 384 g/mol. The molecule has 3 rings (SSSR count). The molecule has 2 amide bonds. The van der Waals surface area contributed by atoms with Gasteiger partial charge in [0.25, 0.3) is 11.8 Å². The van der Waals surface area contributed by atoms with Crippen molar-refractivity contribution in [3.8, 4) is 11.5 Å². The minimum atomic E-state index is -0.554. The first-order valence-electron chi connectivity index (χ1n) is 9.21. The second-order valence-corrected chi connectivity index (χ2v) is 6.99. The van der Waals surface area contributed by atoms with E-state index in [0.29, 0.717) is 43.1 Å². The molecule has 0 atom stereocenters. The summed E-state index contributed by atoms with van der Waals surface area (Å²) in [5, 5.41) is 22.8. The highest BCUT2D eigenvalue weighted by Gasteiger charge is 2.23. The van der Waals surface area contributed by atoms with Crippen LogP contribution in [0.2, 0.25) is 0 Å². The Bertz CT molecular complexity index is 888. The number of carbonyl (C=O) groups excluding carboxylic acids is 2. The van der Waals surface area contributed by atoms with Crippen LogP contribution in [0.25, 0.3) is 0 Å². The molecule has 2 aromatic rings. The molecule has 3 N–H and O–H groups in total. The van der Waals surface area contributed by atoms with Gasteiger partial charge in [-0.25, -0.2) is 0 Å². The van der Waals surface area contributed by atoms with Crippen LogP contribution in [-0.2, 0) is 4.74 Å². The Balaban J connectivity index is 1.87. The van der Waals surface area contributed by atoms with Crippen LogP contribution in [0, 0.1) is 0 Å². The summed E-state index contributed by atoms with van der Waals surface area (Å²) in [4.78, 5) is 27.3. The van der Waals surface area contributed by atoms with Gasteiger partial charge < -0.3 is 25.2 Å². The third kappa shape index (κ3) is 4.09. The molecule has 0 saturated carbocycles. The maximum Gasteiger partial charge on any atom is 0.259 e. The fourth-order valence-electron chi connectivity index (χ4n) is 3.14. The lowest BCUT2D eigenvalue weighted by atomic mass is 9.98. The number of phenols is 2. The fourth-order valence-corrected chi connectivity index (χ4v) is 3.14. The third-order valence-electron chi connectivity index (χ3n) is 4.72. The summed E-state index contributed by atoms with van der Waals surface area (Å²) in [6.07, 6.45) is 0. The Morgan fingerprint density at radius 2 is 1.71 bits per heavy atom. The van der Waals surface area contributed by atoms with Crippen molar-refractivity contribution in [1.82, 2.24) is 4.90 Å². The predicted molar refractivity (Wildman–Crippen MR) is 105 cm³/mol. The largest absolute Gasteiger partial charge is 0.508 e. The van der Waals surface area contributed by atoms with Gasteiger partial charge in [0.2, 0.25) is 0 Å². The molecule has 1 saturated heterocycles. The number of nitrogens with zero attached hydrogens (tertiary/aromatic N) is 1. The van der Waals surface area contributed by atoms with Crippen molar-refractivity contribution in [2.24, 2.45) is 0 Å². The van der Waals surface area contributed by atoms with E-state index < -0.39 is 5.91 Å². The van der Waals surface area contributed by atoms with E-state index in [1.54, 1.807) is 29.2 Å². The molecule has 1 aliphatic heterocycles. The Morgan fingerprint density at radius 1 is 1.04 bits per heavy atom. The number of carbonyl (C=O) groups is 2. The van der Waals surface area contributed by atoms with Crippen LogP contribution in [0.5, 0.6) is 11.5 Å². The Morgan fingerprint density at radius 3 is 2.39 bits per heavy atom. The lowest BCUT2D eigenvalue weighted by Gasteiger charge is -2.27. The summed E-state index contributed by atoms with van der Waals surface area (Å²) in [7, 11) is 0. The van der Waals surface area contributed by atoms with Gasteiger partial charge in [0.1, 0.15) is 11.5 Å². The molecular weight excluding hydrogens is 360 g/mol. The quantitative estimate of drug-likeness (QED) is 0.753. The molecule has 0 radical (unpaired) electrons. The standard InChI is InChI=1S/C21H24N2O5/c1-13(2)15-11-16(19(25)12-18(15)24)20(26)22-17-6-4-3-5-14(17)21(27)23-7-9-28-10-8-23/h3-6,11-13,24-25H,7-10H2,1-2H3,(H,22,26). The van der Waals surface area contributed by atoms with Crippen molar-refractivity contribution >= 4 is 17.5 Å². The van der Waals surface area contributed by atoms with Gasteiger partial charge in [-0.3, -0.25) is 9.59 Å². The van der Waals surface area contributed by atoms with E-state index in [0.717, 1.165) is 6.07 Å². The maximum atomic E-state index is 12.8. The van der Waals surface area contributed by atoms with Gasteiger partial charge in [0.05, 0.1) is 30.0 Å². The van der Waals surface area contributed by atoms with Gasteiger partial charge in [-0.2, -0.15) is 0 Å². The Hall–Kier alpha value is -3.06. The molecule has 7 heteroatoms. The van der Waals surface area contributed by atoms with E-state index in [1.807, 2.05) is 13.8 Å². The summed E-state index contributed by atoms with van der Waals surface area (Å²) in [5.41, 5.74) is 1.33. The number of aromatic hydroxyl groups is 2. The van der Waals surface area contributed by atoms with Gasteiger partial charge in [-0.15, -0.1) is 0 Å². The van der Waals surface area contributed by atoms with Gasteiger partial charge in [0, 0.05) is 19.2 Å². The molecule has 0 bridgehead atoms. The fraction of sp³-hybridized carbons (Fsp3) is 0.333. The van der Waals surface area contributed by atoms with Crippen LogP contribution >= 0.6 is 0 Å². The van der Waals surface area contributed by atoms with Crippen molar-refractivity contribution in [1.29, 1.82) is 0 Å². The number of amides is 2. The number of hydrogen-bond donors (Lipinski definition) is 3. The molecule has 2 aromatic carbocycles. The Kier molecular flexibility index (Phi) is 5.84. The highest BCUT2D eigenvalue weighted by molar-refractivity contribution is 6.10. The highest BCUT2D eigenvalue weighted by Crippen LogP contribution is 2.32. The molecule has 0 spiro atoms. The summed E-state index contributed by atoms with van der Waals surface area (Å²) < 4.78 is 5.28. The summed E-state index contributed by atoms with van der Waals surface area (Å²) >= 11 is 0. The molecular formula is C21H24N2O5. The lowest BCUT2D eigenvalue weighted by Crippen LogP contribution is -2.41. The molecule has 0 aromatic heterocycles. The summed E-state index contributed by atoms with van der Waals surface area (Å²) in [5.74, 6) is -1.15. The number of anilines is 1. The molecule has 1 heterocycles. The minimum Gasteiger partial charge on any atom is -0.508 e. The number of ether oxygens (including phenoxy) is 1. The number of para-hydroxylation sites is 1. The molecule has 0 aliphatic carbocycles. The van der Waals surface area contributed by atoms with Crippen LogP contribution in [-0.4, -0.2) is 53.2 Å². The van der Waals surface area contributed by atoms with E-state index in [1.165, 1.54) is 6.07 Å². The number of morpholine rings is 1. The van der Waals surface area contributed by atoms with Crippen LogP contribution < -0.4 is 5.32 Å².